The van der Waals surface area contributed by atoms with Crippen molar-refractivity contribution in [2.75, 3.05) is 0 Å². The monoisotopic (exact) mass is 338 g/mol. The third-order valence-corrected chi connectivity index (χ3v) is 5.72. The average Bonchev–Trinajstić information content (AvgIpc) is 2.58. The fourth-order valence-electron chi connectivity index (χ4n) is 4.05. The van der Waals surface area contributed by atoms with Crippen molar-refractivity contribution in [1.29, 1.82) is 0 Å². The lowest BCUT2D eigenvalue weighted by Gasteiger charge is -2.21. The van der Waals surface area contributed by atoms with Crippen molar-refractivity contribution >= 4 is 0 Å². The summed E-state index contributed by atoms with van der Waals surface area (Å²) in [5.41, 5.74) is 0. The molecule has 0 fully saturated rings. The van der Waals surface area contributed by atoms with Gasteiger partial charge in [0.2, 0.25) is 0 Å². The maximum Gasteiger partial charge on any atom is -0.0412 e. The Morgan fingerprint density at radius 2 is 0.875 bits per heavy atom. The number of hydrogen-bond acceptors (Lipinski definition) is 0. The van der Waals surface area contributed by atoms with Crippen molar-refractivity contribution in [3.63, 3.8) is 0 Å². The maximum atomic E-state index is 2.52. The van der Waals surface area contributed by atoms with Crippen LogP contribution in [-0.4, -0.2) is 0 Å². The molecule has 0 aromatic carbocycles. The number of hydrogen-bond donors (Lipinski definition) is 0. The Morgan fingerprint density at radius 3 is 1.42 bits per heavy atom. The van der Waals surface area contributed by atoms with Gasteiger partial charge in [0.15, 0.2) is 0 Å². The normalized spacial score (nSPS) is 14.0. The van der Waals surface area contributed by atoms with Crippen LogP contribution in [0.25, 0.3) is 0 Å². The fraction of sp³-hybridized carbons (Fsp3) is 1.00. The van der Waals surface area contributed by atoms with Crippen molar-refractivity contribution in [2.45, 2.75) is 143 Å². The second-order valence-electron chi connectivity index (χ2n) is 8.46. The molecular formula is C24H50. The van der Waals surface area contributed by atoms with Crippen LogP contribution in [-0.2, 0) is 0 Å². The molecule has 24 heavy (non-hydrogen) atoms. The van der Waals surface area contributed by atoms with Crippen molar-refractivity contribution in [2.24, 2.45) is 11.8 Å². The summed E-state index contributed by atoms with van der Waals surface area (Å²) >= 11 is 0. The lowest BCUT2D eigenvalue weighted by molar-refractivity contribution is 0.315. The first-order chi connectivity index (χ1) is 11.7. The Hall–Kier alpha value is 0. The molecule has 0 radical (unpaired) electrons. The van der Waals surface area contributed by atoms with E-state index >= 15 is 0 Å². The Morgan fingerprint density at radius 1 is 0.458 bits per heavy atom. The Labute approximate surface area is 155 Å². The summed E-state index contributed by atoms with van der Waals surface area (Å²) in [5, 5.41) is 0. The zero-order chi connectivity index (χ0) is 17.9. The molecular weight excluding hydrogens is 288 g/mol. The molecule has 0 N–H and O–H groups in total. The highest BCUT2D eigenvalue weighted by molar-refractivity contribution is 4.65. The second kappa shape index (κ2) is 19.3. The van der Waals surface area contributed by atoms with Crippen LogP contribution in [0.15, 0.2) is 0 Å². The maximum absolute atomic E-state index is 2.52. The molecule has 0 bridgehead atoms. The van der Waals surface area contributed by atoms with E-state index in [2.05, 4.69) is 27.7 Å². The standard InChI is InChI=1S/C24H50/c1-5-8-11-13-15-17-19-23(4)22-24(20-10-7-3)21-18-16-14-12-9-6-2/h23-24H,5-22H2,1-4H3. The van der Waals surface area contributed by atoms with Crippen LogP contribution < -0.4 is 0 Å². The Balaban J connectivity index is 3.77. The molecule has 0 aromatic rings. The molecule has 0 aliphatic rings. The third kappa shape index (κ3) is 16.8. The summed E-state index contributed by atoms with van der Waals surface area (Å²) in [7, 11) is 0. The lowest BCUT2D eigenvalue weighted by Crippen LogP contribution is -2.07. The molecule has 146 valence electrons. The van der Waals surface area contributed by atoms with E-state index in [-0.39, 0.29) is 0 Å². The van der Waals surface area contributed by atoms with Crippen LogP contribution in [0.3, 0.4) is 0 Å². The topological polar surface area (TPSA) is 0 Å². The summed E-state index contributed by atoms with van der Waals surface area (Å²) in [6.07, 6.45) is 26.2. The SMILES string of the molecule is CCCCCCCCC(C)CC(CCCC)CCCCCCCC. The molecule has 2 atom stereocenters. The van der Waals surface area contributed by atoms with E-state index in [0.29, 0.717) is 0 Å². The van der Waals surface area contributed by atoms with E-state index in [1.54, 1.807) is 0 Å². The first kappa shape index (κ1) is 24.0. The van der Waals surface area contributed by atoms with Gasteiger partial charge in [0.05, 0.1) is 0 Å². The first-order valence-electron chi connectivity index (χ1n) is 11.7. The summed E-state index contributed by atoms with van der Waals surface area (Å²) in [6.45, 7) is 9.49. The zero-order valence-corrected chi connectivity index (χ0v) is 17.9. The van der Waals surface area contributed by atoms with Gasteiger partial charge in [-0.1, -0.05) is 137 Å². The molecule has 0 rings (SSSR count). The molecule has 0 heterocycles. The molecule has 0 saturated carbocycles. The molecule has 0 aromatic heterocycles. The smallest absolute Gasteiger partial charge is 0.0412 e. The van der Waals surface area contributed by atoms with E-state index in [1.807, 2.05) is 0 Å². The first-order valence-corrected chi connectivity index (χ1v) is 11.7. The number of rotatable bonds is 19. The van der Waals surface area contributed by atoms with Crippen LogP contribution >= 0.6 is 0 Å². The van der Waals surface area contributed by atoms with Gasteiger partial charge in [0.1, 0.15) is 0 Å². The highest BCUT2D eigenvalue weighted by Crippen LogP contribution is 2.27. The van der Waals surface area contributed by atoms with Gasteiger partial charge in [-0.3, -0.25) is 0 Å². The molecule has 0 spiro atoms. The summed E-state index contributed by atoms with van der Waals surface area (Å²) in [5.74, 6) is 1.98. The van der Waals surface area contributed by atoms with Crippen molar-refractivity contribution in [3.8, 4) is 0 Å². The average molecular weight is 339 g/mol. The third-order valence-electron chi connectivity index (χ3n) is 5.72. The van der Waals surface area contributed by atoms with Gasteiger partial charge in [0.25, 0.3) is 0 Å². The molecule has 0 saturated heterocycles. The molecule has 0 aliphatic heterocycles. The number of unbranched alkanes of at least 4 members (excludes halogenated alkanes) is 11. The van der Waals surface area contributed by atoms with Gasteiger partial charge >= 0.3 is 0 Å². The van der Waals surface area contributed by atoms with Crippen LogP contribution in [0.4, 0.5) is 0 Å². The van der Waals surface area contributed by atoms with Crippen molar-refractivity contribution in [3.05, 3.63) is 0 Å². The minimum absolute atomic E-state index is 0.957. The van der Waals surface area contributed by atoms with Crippen LogP contribution in [0.5, 0.6) is 0 Å². The molecule has 0 amide bonds. The van der Waals surface area contributed by atoms with Gasteiger partial charge in [-0.25, -0.2) is 0 Å². The zero-order valence-electron chi connectivity index (χ0n) is 17.9. The largest absolute Gasteiger partial charge is 0.0654 e. The second-order valence-corrected chi connectivity index (χ2v) is 8.46. The highest BCUT2D eigenvalue weighted by atomic mass is 14.2. The van der Waals surface area contributed by atoms with E-state index in [9.17, 15) is 0 Å². The summed E-state index contributed by atoms with van der Waals surface area (Å²) < 4.78 is 0. The van der Waals surface area contributed by atoms with Crippen molar-refractivity contribution in [1.82, 2.24) is 0 Å². The molecule has 2 unspecified atom stereocenters. The Kier molecular flexibility index (Phi) is 19.3. The minimum atomic E-state index is 0.957. The quantitative estimate of drug-likeness (QED) is 0.206. The van der Waals surface area contributed by atoms with Crippen molar-refractivity contribution < 1.29 is 0 Å². The van der Waals surface area contributed by atoms with Gasteiger partial charge in [0, 0.05) is 0 Å². The van der Waals surface area contributed by atoms with E-state index in [1.165, 1.54) is 116 Å². The lowest BCUT2D eigenvalue weighted by atomic mass is 9.85. The summed E-state index contributed by atoms with van der Waals surface area (Å²) in [4.78, 5) is 0. The minimum Gasteiger partial charge on any atom is -0.0654 e. The molecule has 0 nitrogen and oxygen atoms in total. The predicted octanol–water partition coefficient (Wildman–Crippen LogP) is 9.32. The molecule has 0 aliphatic carbocycles. The highest BCUT2D eigenvalue weighted by Gasteiger charge is 2.13. The Bertz CT molecular complexity index is 220. The van der Waals surface area contributed by atoms with Gasteiger partial charge in [-0.05, 0) is 18.3 Å². The van der Waals surface area contributed by atoms with Crippen LogP contribution in [0.1, 0.15) is 143 Å². The predicted molar refractivity (Wildman–Crippen MR) is 113 cm³/mol. The van der Waals surface area contributed by atoms with Gasteiger partial charge in [-0.2, -0.15) is 0 Å². The molecule has 0 heteroatoms. The van der Waals surface area contributed by atoms with Crippen LogP contribution in [0.2, 0.25) is 0 Å². The van der Waals surface area contributed by atoms with E-state index in [0.717, 1.165) is 11.8 Å². The summed E-state index contributed by atoms with van der Waals surface area (Å²) in [6, 6.07) is 0. The van der Waals surface area contributed by atoms with Gasteiger partial charge < -0.3 is 0 Å². The van der Waals surface area contributed by atoms with Crippen LogP contribution in [0, 0.1) is 11.8 Å². The van der Waals surface area contributed by atoms with E-state index < -0.39 is 0 Å². The fourth-order valence-corrected chi connectivity index (χ4v) is 4.05. The van der Waals surface area contributed by atoms with E-state index in [4.69, 9.17) is 0 Å². The van der Waals surface area contributed by atoms with Gasteiger partial charge in [-0.15, -0.1) is 0 Å².